The number of hydrogen-bond acceptors (Lipinski definition) is 4. The predicted octanol–water partition coefficient (Wildman–Crippen LogP) is 3.44. The number of rotatable bonds is 2. The van der Waals surface area contributed by atoms with Crippen LogP contribution in [0.25, 0.3) is 0 Å². The smallest absolute Gasteiger partial charge is 0.329 e. The molecule has 0 saturated carbocycles. The summed E-state index contributed by atoms with van der Waals surface area (Å²) in [6.07, 6.45) is -4.72. The van der Waals surface area contributed by atoms with Crippen LogP contribution >= 0.6 is 23.2 Å². The van der Waals surface area contributed by atoms with Gasteiger partial charge >= 0.3 is 12.1 Å². The van der Waals surface area contributed by atoms with Crippen molar-refractivity contribution in [2.45, 2.75) is 12.2 Å². The fraction of sp³-hybridized carbons (Fsp3) is 0.200. The highest BCUT2D eigenvalue weighted by Gasteiger charge is 2.39. The van der Waals surface area contributed by atoms with Crippen LogP contribution in [0.1, 0.15) is 23.3 Å². The first kappa shape index (κ1) is 14.1. The highest BCUT2D eigenvalue weighted by Crippen LogP contribution is 2.33. The summed E-state index contributed by atoms with van der Waals surface area (Å²) < 4.78 is 41.1. The topological polar surface area (TPSA) is 64.9 Å². The largest absolute Gasteiger partial charge is 0.471 e. The van der Waals surface area contributed by atoms with Crippen molar-refractivity contribution in [2.75, 3.05) is 0 Å². The van der Waals surface area contributed by atoms with Crippen LogP contribution < -0.4 is 5.73 Å². The third-order valence-corrected chi connectivity index (χ3v) is 3.11. The van der Waals surface area contributed by atoms with E-state index in [2.05, 4.69) is 14.7 Å². The van der Waals surface area contributed by atoms with Gasteiger partial charge < -0.3 is 10.3 Å². The summed E-state index contributed by atoms with van der Waals surface area (Å²) in [5, 5.41) is 3.56. The molecular formula is C10H6Cl2F3N3O. The molecular weight excluding hydrogens is 306 g/mol. The third-order valence-electron chi connectivity index (χ3n) is 2.28. The molecule has 0 amide bonds. The van der Waals surface area contributed by atoms with Gasteiger partial charge in [-0.3, -0.25) is 0 Å². The van der Waals surface area contributed by atoms with Crippen LogP contribution in [0.15, 0.2) is 22.7 Å². The van der Waals surface area contributed by atoms with E-state index in [4.69, 9.17) is 28.9 Å². The maximum absolute atomic E-state index is 12.3. The molecule has 0 saturated heterocycles. The van der Waals surface area contributed by atoms with Crippen molar-refractivity contribution in [1.29, 1.82) is 0 Å². The van der Waals surface area contributed by atoms with Crippen LogP contribution in [0.3, 0.4) is 0 Å². The van der Waals surface area contributed by atoms with Crippen molar-refractivity contribution in [3.63, 3.8) is 0 Å². The van der Waals surface area contributed by atoms with Gasteiger partial charge in [-0.1, -0.05) is 40.5 Å². The van der Waals surface area contributed by atoms with Gasteiger partial charge in [0.25, 0.3) is 0 Å². The van der Waals surface area contributed by atoms with E-state index in [0.29, 0.717) is 5.56 Å². The third kappa shape index (κ3) is 2.83. The molecule has 102 valence electrons. The van der Waals surface area contributed by atoms with E-state index in [-0.39, 0.29) is 15.9 Å². The zero-order valence-corrected chi connectivity index (χ0v) is 10.6. The lowest BCUT2D eigenvalue weighted by molar-refractivity contribution is -0.159. The Bertz CT molecular complexity index is 600. The van der Waals surface area contributed by atoms with Gasteiger partial charge in [-0.25, -0.2) is 0 Å². The molecule has 19 heavy (non-hydrogen) atoms. The Hall–Kier alpha value is -1.31. The first-order chi connectivity index (χ1) is 8.80. The van der Waals surface area contributed by atoms with Crippen molar-refractivity contribution in [3.8, 4) is 0 Å². The SMILES string of the molecule is NC(c1noc(C(F)(F)F)n1)c1cccc(Cl)c1Cl. The maximum Gasteiger partial charge on any atom is 0.471 e. The molecule has 0 radical (unpaired) electrons. The number of halogens is 5. The summed E-state index contributed by atoms with van der Waals surface area (Å²) in [6, 6.07) is 3.54. The summed E-state index contributed by atoms with van der Waals surface area (Å²) in [4.78, 5) is 3.20. The molecule has 2 N–H and O–H groups in total. The van der Waals surface area contributed by atoms with Crippen LogP contribution in [-0.2, 0) is 6.18 Å². The molecule has 2 rings (SSSR count). The number of aromatic nitrogens is 2. The zero-order valence-electron chi connectivity index (χ0n) is 9.08. The van der Waals surface area contributed by atoms with Gasteiger partial charge in [0, 0.05) is 0 Å². The number of benzene rings is 1. The second-order valence-corrected chi connectivity index (χ2v) is 4.36. The van der Waals surface area contributed by atoms with Gasteiger partial charge in [0.05, 0.1) is 16.1 Å². The summed E-state index contributed by atoms with van der Waals surface area (Å²) >= 11 is 11.7. The van der Waals surface area contributed by atoms with Crippen molar-refractivity contribution in [3.05, 3.63) is 45.5 Å². The fourth-order valence-electron chi connectivity index (χ4n) is 1.38. The van der Waals surface area contributed by atoms with Crippen LogP contribution in [0.5, 0.6) is 0 Å². The fourth-order valence-corrected chi connectivity index (χ4v) is 1.80. The first-order valence-electron chi connectivity index (χ1n) is 4.91. The molecule has 4 nitrogen and oxygen atoms in total. The molecule has 0 aliphatic heterocycles. The predicted molar refractivity (Wildman–Crippen MR) is 61.8 cm³/mol. The standard InChI is InChI=1S/C10H6Cl2F3N3O/c11-5-3-1-2-4(6(5)12)7(16)8-17-9(19-18-8)10(13,14)15/h1-3,7H,16H2. The molecule has 0 spiro atoms. The number of hydrogen-bond donors (Lipinski definition) is 1. The maximum atomic E-state index is 12.3. The molecule has 1 aromatic heterocycles. The lowest BCUT2D eigenvalue weighted by Crippen LogP contribution is -2.15. The molecule has 0 fully saturated rings. The zero-order chi connectivity index (χ0) is 14.2. The minimum Gasteiger partial charge on any atom is -0.329 e. The second-order valence-electron chi connectivity index (χ2n) is 3.58. The molecule has 1 unspecified atom stereocenters. The minimum atomic E-state index is -4.72. The Morgan fingerprint density at radius 1 is 1.26 bits per heavy atom. The molecule has 0 aliphatic rings. The quantitative estimate of drug-likeness (QED) is 0.922. The average molecular weight is 312 g/mol. The Labute approximate surface area is 115 Å². The van der Waals surface area contributed by atoms with Crippen molar-refractivity contribution in [1.82, 2.24) is 10.1 Å². The summed E-state index contributed by atoms with van der Waals surface area (Å²) in [5.41, 5.74) is 6.06. The first-order valence-corrected chi connectivity index (χ1v) is 5.66. The van der Waals surface area contributed by atoms with Gasteiger partial charge in [0.2, 0.25) is 0 Å². The van der Waals surface area contributed by atoms with E-state index in [9.17, 15) is 13.2 Å². The number of nitrogens with two attached hydrogens (primary N) is 1. The van der Waals surface area contributed by atoms with E-state index >= 15 is 0 Å². The molecule has 1 atom stereocenters. The van der Waals surface area contributed by atoms with E-state index in [1.54, 1.807) is 6.07 Å². The van der Waals surface area contributed by atoms with E-state index in [1.807, 2.05) is 0 Å². The van der Waals surface area contributed by atoms with Gasteiger partial charge in [0.1, 0.15) is 0 Å². The Morgan fingerprint density at radius 3 is 2.53 bits per heavy atom. The van der Waals surface area contributed by atoms with Crippen LogP contribution in [-0.4, -0.2) is 10.1 Å². The van der Waals surface area contributed by atoms with Gasteiger partial charge in [-0.05, 0) is 11.6 Å². The normalized spacial score (nSPS) is 13.6. The molecule has 0 bridgehead atoms. The minimum absolute atomic E-state index is 0.134. The van der Waals surface area contributed by atoms with Gasteiger partial charge in [-0.2, -0.15) is 18.2 Å². The van der Waals surface area contributed by atoms with E-state index in [0.717, 1.165) is 0 Å². The van der Waals surface area contributed by atoms with Crippen molar-refractivity contribution in [2.24, 2.45) is 5.73 Å². The van der Waals surface area contributed by atoms with E-state index < -0.39 is 18.1 Å². The Balaban J connectivity index is 2.37. The molecule has 9 heteroatoms. The van der Waals surface area contributed by atoms with Crippen molar-refractivity contribution >= 4 is 23.2 Å². The lowest BCUT2D eigenvalue weighted by Gasteiger charge is -2.10. The van der Waals surface area contributed by atoms with Gasteiger partial charge in [0.15, 0.2) is 5.82 Å². The highest BCUT2D eigenvalue weighted by atomic mass is 35.5. The monoisotopic (exact) mass is 311 g/mol. The van der Waals surface area contributed by atoms with Crippen LogP contribution in [0.4, 0.5) is 13.2 Å². The Morgan fingerprint density at radius 2 is 1.95 bits per heavy atom. The Kier molecular flexibility index (Phi) is 3.71. The summed E-state index contributed by atoms with van der Waals surface area (Å²) in [7, 11) is 0. The van der Waals surface area contributed by atoms with E-state index in [1.165, 1.54) is 12.1 Å². The van der Waals surface area contributed by atoms with Crippen LogP contribution in [0, 0.1) is 0 Å². The summed E-state index contributed by atoms with van der Waals surface area (Å²) in [6.45, 7) is 0. The van der Waals surface area contributed by atoms with Gasteiger partial charge in [-0.15, -0.1) is 0 Å². The average Bonchev–Trinajstić information content (AvgIpc) is 2.81. The van der Waals surface area contributed by atoms with Crippen LogP contribution in [0.2, 0.25) is 10.0 Å². The molecule has 0 aliphatic carbocycles. The second kappa shape index (κ2) is 4.99. The molecule has 1 heterocycles. The number of alkyl halides is 3. The van der Waals surface area contributed by atoms with Crippen molar-refractivity contribution < 1.29 is 17.7 Å². The highest BCUT2D eigenvalue weighted by molar-refractivity contribution is 6.42. The number of nitrogens with zero attached hydrogens (tertiary/aromatic N) is 2. The molecule has 1 aromatic carbocycles. The molecule has 2 aromatic rings. The summed E-state index contributed by atoms with van der Waals surface area (Å²) in [5.74, 6) is -1.78. The lowest BCUT2D eigenvalue weighted by atomic mass is 10.1.